The predicted molar refractivity (Wildman–Crippen MR) is 95.4 cm³/mol. The van der Waals surface area contributed by atoms with Crippen molar-refractivity contribution in [3.63, 3.8) is 0 Å². The van der Waals surface area contributed by atoms with Gasteiger partial charge in [-0.1, -0.05) is 25.1 Å². The Morgan fingerprint density at radius 3 is 2.80 bits per heavy atom. The highest BCUT2D eigenvalue weighted by atomic mass is 16.7. The standard InChI is InChI=1S/C21H26O4/c1-3-20-9-10-21(24-11-12-25-21)14-17(20)6-4-5-15-13-16(19(22)23-2)7-8-18(15)20/h4-5,7-8,13,17H,3,6,9-12,14H2,1-2H3. The summed E-state index contributed by atoms with van der Waals surface area (Å²) in [5, 5.41) is 0. The average Bonchev–Trinajstić information content (AvgIpc) is 3.03. The van der Waals surface area contributed by atoms with Gasteiger partial charge >= 0.3 is 5.97 Å². The van der Waals surface area contributed by atoms with Crippen molar-refractivity contribution in [1.82, 2.24) is 0 Å². The summed E-state index contributed by atoms with van der Waals surface area (Å²) < 4.78 is 16.9. The van der Waals surface area contributed by atoms with Gasteiger partial charge < -0.3 is 14.2 Å². The van der Waals surface area contributed by atoms with E-state index in [1.54, 1.807) is 0 Å². The van der Waals surface area contributed by atoms with Crippen molar-refractivity contribution in [3.05, 3.63) is 41.0 Å². The normalized spacial score (nSPS) is 29.8. The molecule has 1 aromatic carbocycles. The summed E-state index contributed by atoms with van der Waals surface area (Å²) in [4.78, 5) is 11.9. The summed E-state index contributed by atoms with van der Waals surface area (Å²) in [6.07, 6.45) is 9.46. The molecule has 1 aromatic rings. The molecular weight excluding hydrogens is 316 g/mol. The predicted octanol–water partition coefficient (Wildman–Crippen LogP) is 4.08. The van der Waals surface area contributed by atoms with E-state index in [1.807, 2.05) is 12.1 Å². The summed E-state index contributed by atoms with van der Waals surface area (Å²) in [6, 6.07) is 6.03. The molecule has 1 aliphatic heterocycles. The Bertz CT molecular complexity index is 702. The third-order valence-electron chi connectivity index (χ3n) is 6.46. The van der Waals surface area contributed by atoms with Crippen LogP contribution < -0.4 is 0 Å². The number of benzene rings is 1. The van der Waals surface area contributed by atoms with Crippen LogP contribution in [0.15, 0.2) is 24.3 Å². The Morgan fingerprint density at radius 2 is 2.08 bits per heavy atom. The van der Waals surface area contributed by atoms with Crippen LogP contribution >= 0.6 is 0 Å². The molecule has 2 atom stereocenters. The topological polar surface area (TPSA) is 44.8 Å². The van der Waals surface area contributed by atoms with Crippen LogP contribution in [0, 0.1) is 5.92 Å². The van der Waals surface area contributed by atoms with Crippen molar-refractivity contribution in [3.8, 4) is 0 Å². The number of allylic oxidation sites excluding steroid dienone is 1. The first-order valence-electron chi connectivity index (χ1n) is 9.30. The summed E-state index contributed by atoms with van der Waals surface area (Å²) >= 11 is 0. The fourth-order valence-electron chi connectivity index (χ4n) is 5.13. The van der Waals surface area contributed by atoms with Gasteiger partial charge in [0.05, 0.1) is 25.9 Å². The van der Waals surface area contributed by atoms with Crippen molar-refractivity contribution in [2.75, 3.05) is 20.3 Å². The first-order chi connectivity index (χ1) is 12.1. The number of hydrogen-bond donors (Lipinski definition) is 0. The molecule has 2 fully saturated rings. The average molecular weight is 342 g/mol. The third-order valence-corrected chi connectivity index (χ3v) is 6.46. The Kier molecular flexibility index (Phi) is 4.20. The smallest absolute Gasteiger partial charge is 0.337 e. The van der Waals surface area contributed by atoms with Crippen LogP contribution in [0.5, 0.6) is 0 Å². The molecule has 0 N–H and O–H groups in total. The molecule has 1 spiro atoms. The Morgan fingerprint density at radius 1 is 1.28 bits per heavy atom. The minimum Gasteiger partial charge on any atom is -0.465 e. The van der Waals surface area contributed by atoms with E-state index in [0.29, 0.717) is 24.7 Å². The van der Waals surface area contributed by atoms with Gasteiger partial charge in [0, 0.05) is 12.8 Å². The molecule has 1 saturated heterocycles. The van der Waals surface area contributed by atoms with Crippen LogP contribution in [0.25, 0.3) is 6.08 Å². The van der Waals surface area contributed by atoms with Gasteiger partial charge in [-0.3, -0.25) is 0 Å². The van der Waals surface area contributed by atoms with Crippen LogP contribution in [0.3, 0.4) is 0 Å². The van der Waals surface area contributed by atoms with Crippen molar-refractivity contribution in [2.24, 2.45) is 5.92 Å². The van der Waals surface area contributed by atoms with E-state index >= 15 is 0 Å². The molecule has 0 radical (unpaired) electrons. The molecule has 3 aliphatic rings. The van der Waals surface area contributed by atoms with Gasteiger partial charge in [-0.25, -0.2) is 4.79 Å². The largest absolute Gasteiger partial charge is 0.465 e. The van der Waals surface area contributed by atoms with Gasteiger partial charge in [0.25, 0.3) is 0 Å². The van der Waals surface area contributed by atoms with E-state index in [1.165, 1.54) is 12.7 Å². The first-order valence-corrected chi connectivity index (χ1v) is 9.30. The van der Waals surface area contributed by atoms with Crippen molar-refractivity contribution < 1.29 is 19.0 Å². The minimum atomic E-state index is -0.367. The van der Waals surface area contributed by atoms with E-state index in [4.69, 9.17) is 14.2 Å². The zero-order valence-electron chi connectivity index (χ0n) is 15.0. The Balaban J connectivity index is 1.74. The lowest BCUT2D eigenvalue weighted by atomic mass is 9.58. The van der Waals surface area contributed by atoms with Crippen LogP contribution in [0.2, 0.25) is 0 Å². The Hall–Kier alpha value is -1.65. The van der Waals surface area contributed by atoms with Gasteiger partial charge in [0.2, 0.25) is 0 Å². The second kappa shape index (κ2) is 6.26. The lowest BCUT2D eigenvalue weighted by Crippen LogP contribution is -2.48. The van der Waals surface area contributed by atoms with E-state index in [0.717, 1.165) is 37.7 Å². The zero-order chi connectivity index (χ0) is 17.5. The maximum Gasteiger partial charge on any atom is 0.337 e. The second-order valence-electron chi connectivity index (χ2n) is 7.45. The van der Waals surface area contributed by atoms with Gasteiger partial charge in [-0.15, -0.1) is 0 Å². The van der Waals surface area contributed by atoms with Gasteiger partial charge in [0.15, 0.2) is 5.79 Å². The van der Waals surface area contributed by atoms with E-state index in [-0.39, 0.29) is 17.2 Å². The van der Waals surface area contributed by atoms with Crippen molar-refractivity contribution >= 4 is 12.0 Å². The van der Waals surface area contributed by atoms with Crippen molar-refractivity contribution in [2.45, 2.75) is 50.2 Å². The molecule has 0 aromatic heterocycles. The summed E-state index contributed by atoms with van der Waals surface area (Å²) in [7, 11) is 1.43. The molecule has 0 bridgehead atoms. The van der Waals surface area contributed by atoms with E-state index in [9.17, 15) is 4.79 Å². The molecule has 4 heteroatoms. The number of fused-ring (bicyclic) bond motifs is 3. The fraction of sp³-hybridized carbons (Fsp3) is 0.571. The number of rotatable bonds is 2. The van der Waals surface area contributed by atoms with Crippen LogP contribution in [0.4, 0.5) is 0 Å². The molecular formula is C21H26O4. The van der Waals surface area contributed by atoms with Gasteiger partial charge in [-0.05, 0) is 53.9 Å². The molecule has 2 unspecified atom stereocenters. The molecule has 0 amide bonds. The number of ether oxygens (including phenoxy) is 3. The van der Waals surface area contributed by atoms with Crippen LogP contribution in [-0.2, 0) is 19.6 Å². The van der Waals surface area contributed by atoms with Crippen LogP contribution in [-0.4, -0.2) is 32.1 Å². The number of carbonyl (C=O) groups excluding carboxylic acids is 1. The highest BCUT2D eigenvalue weighted by Crippen LogP contribution is 2.54. The number of methoxy groups -OCH3 is 1. The lowest BCUT2D eigenvalue weighted by Gasteiger charge is -2.49. The molecule has 134 valence electrons. The molecule has 4 rings (SSSR count). The fourth-order valence-corrected chi connectivity index (χ4v) is 5.13. The van der Waals surface area contributed by atoms with E-state index < -0.39 is 0 Å². The molecule has 4 nitrogen and oxygen atoms in total. The molecule has 1 heterocycles. The zero-order valence-corrected chi connectivity index (χ0v) is 15.0. The minimum absolute atomic E-state index is 0.119. The number of carbonyl (C=O) groups is 1. The summed E-state index contributed by atoms with van der Waals surface area (Å²) in [6.45, 7) is 3.70. The van der Waals surface area contributed by atoms with E-state index in [2.05, 4.69) is 25.1 Å². The third kappa shape index (κ3) is 2.63. The highest BCUT2D eigenvalue weighted by molar-refractivity contribution is 5.90. The maximum atomic E-state index is 11.9. The highest BCUT2D eigenvalue weighted by Gasteiger charge is 2.52. The SMILES string of the molecule is CCC12CCC3(CC1CC=Cc1cc(C(=O)OC)ccc12)OCCO3. The summed E-state index contributed by atoms with van der Waals surface area (Å²) in [5.74, 6) is -0.156. The molecule has 25 heavy (non-hydrogen) atoms. The Labute approximate surface area is 149 Å². The number of esters is 1. The molecule has 1 saturated carbocycles. The lowest BCUT2D eigenvalue weighted by molar-refractivity contribution is -0.198. The second-order valence-corrected chi connectivity index (χ2v) is 7.45. The van der Waals surface area contributed by atoms with Crippen molar-refractivity contribution in [1.29, 1.82) is 0 Å². The van der Waals surface area contributed by atoms with Gasteiger partial charge in [0.1, 0.15) is 0 Å². The summed E-state index contributed by atoms with van der Waals surface area (Å²) in [5.41, 5.74) is 3.24. The monoisotopic (exact) mass is 342 g/mol. The molecule has 2 aliphatic carbocycles. The van der Waals surface area contributed by atoms with Gasteiger partial charge in [-0.2, -0.15) is 0 Å². The quantitative estimate of drug-likeness (QED) is 0.760. The number of hydrogen-bond acceptors (Lipinski definition) is 4. The first kappa shape index (κ1) is 16.8. The van der Waals surface area contributed by atoms with Crippen LogP contribution in [0.1, 0.15) is 60.5 Å². The maximum absolute atomic E-state index is 11.9.